The number of nitrogens with zero attached hydrogens (tertiary/aromatic N) is 5. The van der Waals surface area contributed by atoms with E-state index in [0.717, 1.165) is 35.2 Å². The average molecular weight is 759 g/mol. The highest BCUT2D eigenvalue weighted by Gasteiger charge is 2.24. The van der Waals surface area contributed by atoms with Gasteiger partial charge in [0.1, 0.15) is 48.1 Å². The quantitative estimate of drug-likeness (QED) is 0.0889. The van der Waals surface area contributed by atoms with E-state index >= 15 is 0 Å². The largest absolute Gasteiger partial charge is 0.497 e. The van der Waals surface area contributed by atoms with E-state index in [0.29, 0.717) is 66.1 Å². The van der Waals surface area contributed by atoms with Crippen molar-refractivity contribution in [1.82, 2.24) is 24.9 Å². The van der Waals surface area contributed by atoms with Crippen LogP contribution >= 0.6 is 0 Å². The lowest BCUT2D eigenvalue weighted by Crippen LogP contribution is -2.26. The lowest BCUT2D eigenvalue weighted by Gasteiger charge is -2.27. The topological polar surface area (TPSA) is 160 Å². The molecule has 1 atom stereocenters. The molecule has 55 heavy (non-hydrogen) atoms. The van der Waals surface area contributed by atoms with E-state index in [1.807, 2.05) is 60.7 Å². The number of anilines is 1. The summed E-state index contributed by atoms with van der Waals surface area (Å²) in [7, 11) is 7.98. The number of carbonyl (C=O) groups excluding carboxylic acids is 1. The van der Waals surface area contributed by atoms with Crippen molar-refractivity contribution in [3.05, 3.63) is 89.2 Å². The molecule has 0 radical (unpaired) electrons. The molecule has 15 nitrogen and oxygen atoms in total. The number of aliphatic hydroxyl groups excluding tert-OH is 1. The third-order valence-electron chi connectivity index (χ3n) is 8.84. The highest BCUT2D eigenvalue weighted by molar-refractivity contribution is 5.67. The molecule has 1 unspecified atom stereocenters. The number of benzene rings is 3. The zero-order valence-corrected chi connectivity index (χ0v) is 32.2. The summed E-state index contributed by atoms with van der Waals surface area (Å²) in [6, 6.07) is 19.2. The molecular weight excluding hydrogens is 708 g/mol. The maximum absolute atomic E-state index is 11.3. The van der Waals surface area contributed by atoms with Gasteiger partial charge in [-0.15, -0.1) is 5.10 Å². The Morgan fingerprint density at radius 2 is 1.49 bits per heavy atom. The van der Waals surface area contributed by atoms with Gasteiger partial charge in [-0.05, 0) is 48.4 Å². The lowest BCUT2D eigenvalue weighted by atomic mass is 10.1. The summed E-state index contributed by atoms with van der Waals surface area (Å²) in [6.07, 6.45) is 3.49. The van der Waals surface area contributed by atoms with Gasteiger partial charge >= 0.3 is 12.1 Å². The van der Waals surface area contributed by atoms with E-state index in [-0.39, 0.29) is 31.9 Å². The van der Waals surface area contributed by atoms with Gasteiger partial charge in [0, 0.05) is 62.8 Å². The normalized spacial score (nSPS) is 11.5. The van der Waals surface area contributed by atoms with Gasteiger partial charge < -0.3 is 48.5 Å². The number of amides is 1. The highest BCUT2D eigenvalue weighted by atomic mass is 16.6. The Hall–Kier alpha value is -5.96. The van der Waals surface area contributed by atoms with Crippen LogP contribution < -0.4 is 38.6 Å². The van der Waals surface area contributed by atoms with Crippen molar-refractivity contribution in [1.29, 1.82) is 0 Å². The second kappa shape index (κ2) is 19.9. The molecule has 15 heteroatoms. The fourth-order valence-corrected chi connectivity index (χ4v) is 6.01. The second-order valence-corrected chi connectivity index (χ2v) is 12.5. The maximum atomic E-state index is 11.3. The first-order chi connectivity index (χ1) is 26.8. The van der Waals surface area contributed by atoms with Crippen molar-refractivity contribution in [2.75, 3.05) is 60.2 Å². The number of aromatic nitrogens is 4. The molecule has 5 rings (SSSR count). The second-order valence-electron chi connectivity index (χ2n) is 12.5. The fourth-order valence-electron chi connectivity index (χ4n) is 6.01. The minimum atomic E-state index is -0.508. The zero-order valence-electron chi connectivity index (χ0n) is 32.2. The van der Waals surface area contributed by atoms with Gasteiger partial charge in [-0.1, -0.05) is 25.5 Å². The Bertz CT molecular complexity index is 1930. The SMILES string of the molecule is CCCC(CCO)Oc1nc(N(Cc2ccc(OC)cc2OC)Cc2ccc(OC)cc2OC)c2ncc(Cc3ccc(OCCOC(=O)NC)cc3)n2n1. The molecule has 2 heterocycles. The molecule has 0 aliphatic rings. The average Bonchev–Trinajstić information content (AvgIpc) is 3.61. The van der Waals surface area contributed by atoms with Crippen LogP contribution in [0, 0.1) is 0 Å². The first kappa shape index (κ1) is 40.2. The number of fused-ring (bicyclic) bond motifs is 1. The van der Waals surface area contributed by atoms with Crippen LogP contribution in [0.2, 0.25) is 0 Å². The third-order valence-corrected chi connectivity index (χ3v) is 8.84. The molecule has 0 saturated heterocycles. The predicted octanol–water partition coefficient (Wildman–Crippen LogP) is 5.62. The molecular formula is C40H50N6O9. The van der Waals surface area contributed by atoms with Gasteiger partial charge in [-0.3, -0.25) is 0 Å². The number of nitrogens with one attached hydrogen (secondary N) is 1. The molecule has 294 valence electrons. The number of rotatable bonds is 21. The van der Waals surface area contributed by atoms with Crippen LogP contribution in [0.15, 0.2) is 66.9 Å². The van der Waals surface area contributed by atoms with Gasteiger partial charge in [-0.2, -0.15) is 4.98 Å². The van der Waals surface area contributed by atoms with Crippen molar-refractivity contribution in [2.45, 2.75) is 51.8 Å². The summed E-state index contributed by atoms with van der Waals surface area (Å²) in [5.41, 5.74) is 4.08. The van der Waals surface area contributed by atoms with Gasteiger partial charge in [0.25, 0.3) is 0 Å². The Kier molecular flexibility index (Phi) is 14.6. The monoisotopic (exact) mass is 758 g/mol. The third kappa shape index (κ3) is 10.6. The van der Waals surface area contributed by atoms with E-state index in [1.165, 1.54) is 7.05 Å². The van der Waals surface area contributed by atoms with Crippen LogP contribution in [0.4, 0.5) is 10.6 Å². The summed E-state index contributed by atoms with van der Waals surface area (Å²) >= 11 is 0. The Balaban J connectivity index is 1.56. The number of carbonyl (C=O) groups is 1. The molecule has 3 aromatic carbocycles. The number of hydrogen-bond donors (Lipinski definition) is 2. The van der Waals surface area contributed by atoms with E-state index in [4.69, 9.17) is 48.2 Å². The van der Waals surface area contributed by atoms with E-state index in [2.05, 4.69) is 17.1 Å². The molecule has 0 fully saturated rings. The van der Waals surface area contributed by atoms with Crippen LogP contribution in [0.1, 0.15) is 48.6 Å². The van der Waals surface area contributed by atoms with Crippen LogP contribution in [0.3, 0.4) is 0 Å². The molecule has 0 saturated carbocycles. The number of methoxy groups -OCH3 is 4. The molecule has 0 aliphatic heterocycles. The summed E-state index contributed by atoms with van der Waals surface area (Å²) in [5.74, 6) is 3.80. The minimum Gasteiger partial charge on any atom is -0.497 e. The lowest BCUT2D eigenvalue weighted by molar-refractivity contribution is 0.127. The molecule has 0 aliphatic carbocycles. The number of alkyl carbamates (subject to hydrolysis) is 1. The Morgan fingerprint density at radius 1 is 0.855 bits per heavy atom. The molecule has 0 bridgehead atoms. The fraction of sp³-hybridized carbons (Fsp3) is 0.400. The first-order valence-electron chi connectivity index (χ1n) is 18.1. The molecule has 2 N–H and O–H groups in total. The van der Waals surface area contributed by atoms with E-state index in [1.54, 1.807) is 39.2 Å². The van der Waals surface area contributed by atoms with Crippen molar-refractivity contribution in [3.63, 3.8) is 0 Å². The smallest absolute Gasteiger partial charge is 0.406 e. The van der Waals surface area contributed by atoms with Crippen molar-refractivity contribution < 1.29 is 43.1 Å². The van der Waals surface area contributed by atoms with E-state index < -0.39 is 6.09 Å². The molecule has 2 aromatic heterocycles. The zero-order chi connectivity index (χ0) is 39.2. The molecule has 0 spiro atoms. The van der Waals surface area contributed by atoms with Gasteiger partial charge in [0.2, 0.25) is 0 Å². The minimum absolute atomic E-state index is 0.0302. The maximum Gasteiger partial charge on any atom is 0.406 e. The van der Waals surface area contributed by atoms with Gasteiger partial charge in [-0.25, -0.2) is 14.3 Å². The summed E-state index contributed by atoms with van der Waals surface area (Å²) in [4.78, 5) is 23.3. The predicted molar refractivity (Wildman–Crippen MR) is 206 cm³/mol. The van der Waals surface area contributed by atoms with Crippen LogP contribution in [-0.2, 0) is 24.2 Å². The van der Waals surface area contributed by atoms with Crippen LogP contribution in [0.25, 0.3) is 5.65 Å². The van der Waals surface area contributed by atoms with Crippen molar-refractivity contribution in [3.8, 4) is 34.8 Å². The van der Waals surface area contributed by atoms with Crippen LogP contribution in [0.5, 0.6) is 34.8 Å². The number of imidazole rings is 1. The molecule has 5 aromatic rings. The Morgan fingerprint density at radius 3 is 2.05 bits per heavy atom. The summed E-state index contributed by atoms with van der Waals surface area (Å²) in [6.45, 7) is 3.11. The first-order valence-corrected chi connectivity index (χ1v) is 18.1. The van der Waals surface area contributed by atoms with Gasteiger partial charge in [0.05, 0.1) is 40.3 Å². The van der Waals surface area contributed by atoms with Crippen molar-refractivity contribution >= 4 is 17.6 Å². The number of hydrogen-bond acceptors (Lipinski definition) is 13. The van der Waals surface area contributed by atoms with E-state index in [9.17, 15) is 9.90 Å². The molecule has 1 amide bonds. The standard InChI is InChI=1S/C40H50N6O9/c1-7-8-32(17-18-47)55-39-43-38(37-42-24-30(46(37)44-39)21-27-9-13-31(14-10-27)53-19-20-54-40(48)41-2)45(25-28-11-15-33(49-3)22-35(28)51-5)26-29-12-16-34(50-4)23-36(29)52-6/h9-16,22-24,32,47H,7-8,17-21,25-26H2,1-6H3,(H,41,48). The Labute approximate surface area is 321 Å². The summed E-state index contributed by atoms with van der Waals surface area (Å²) in [5, 5.41) is 17.1. The number of ether oxygens (including phenoxy) is 7. The van der Waals surface area contributed by atoms with Crippen LogP contribution in [-0.4, -0.2) is 92.2 Å². The number of aliphatic hydroxyl groups is 1. The summed E-state index contributed by atoms with van der Waals surface area (Å²) < 4.78 is 41.5. The highest BCUT2D eigenvalue weighted by Crippen LogP contribution is 2.33. The van der Waals surface area contributed by atoms with Gasteiger partial charge in [0.15, 0.2) is 11.5 Å². The van der Waals surface area contributed by atoms with Crippen molar-refractivity contribution in [2.24, 2.45) is 0 Å².